The molecule has 1 aromatic rings. The van der Waals surface area contributed by atoms with Crippen molar-refractivity contribution in [2.45, 2.75) is 31.8 Å². The van der Waals surface area contributed by atoms with Crippen molar-refractivity contribution in [2.24, 2.45) is 0 Å². The molecule has 1 saturated heterocycles. The van der Waals surface area contributed by atoms with Gasteiger partial charge in [0, 0.05) is 17.1 Å². The zero-order valence-electron chi connectivity index (χ0n) is 9.67. The smallest absolute Gasteiger partial charge is 0.0475 e. The lowest BCUT2D eigenvalue weighted by atomic mass is 9.98. The lowest BCUT2D eigenvalue weighted by Crippen LogP contribution is -2.37. The van der Waals surface area contributed by atoms with E-state index in [9.17, 15) is 0 Å². The number of rotatable bonds is 4. The van der Waals surface area contributed by atoms with Crippen LogP contribution in [0.1, 0.15) is 31.4 Å². The molecule has 1 aliphatic rings. The summed E-state index contributed by atoms with van der Waals surface area (Å²) in [6.45, 7) is 4.28. The molecule has 1 aliphatic heterocycles. The van der Waals surface area contributed by atoms with Crippen molar-refractivity contribution in [3.8, 4) is 0 Å². The van der Waals surface area contributed by atoms with E-state index in [0.717, 1.165) is 18.1 Å². The average molecular weight is 239 g/mol. The molecular formula is C13H19ClN2. The summed E-state index contributed by atoms with van der Waals surface area (Å²) in [5.74, 6) is 0. The SMILES string of the molecule is CCN[C@H](c1ccc(Cl)cc1)C1CCCN1. The zero-order chi connectivity index (χ0) is 11.4. The van der Waals surface area contributed by atoms with Crippen molar-refractivity contribution < 1.29 is 0 Å². The molecule has 3 heteroatoms. The predicted octanol–water partition coefficient (Wildman–Crippen LogP) is 2.74. The van der Waals surface area contributed by atoms with Gasteiger partial charge in [0.2, 0.25) is 0 Å². The quantitative estimate of drug-likeness (QED) is 0.843. The number of hydrogen-bond donors (Lipinski definition) is 2. The molecule has 0 spiro atoms. The van der Waals surface area contributed by atoms with Crippen LogP contribution in [0.25, 0.3) is 0 Å². The van der Waals surface area contributed by atoms with Gasteiger partial charge in [0.15, 0.2) is 0 Å². The maximum absolute atomic E-state index is 5.92. The molecule has 1 fully saturated rings. The fourth-order valence-corrected chi connectivity index (χ4v) is 2.50. The molecule has 2 atom stereocenters. The lowest BCUT2D eigenvalue weighted by Gasteiger charge is -2.25. The second-order valence-corrected chi connectivity index (χ2v) is 4.73. The minimum absolute atomic E-state index is 0.407. The average Bonchev–Trinajstić information content (AvgIpc) is 2.81. The summed E-state index contributed by atoms with van der Waals surface area (Å²) in [4.78, 5) is 0. The normalized spacial score (nSPS) is 22.2. The maximum Gasteiger partial charge on any atom is 0.0475 e. The van der Waals surface area contributed by atoms with E-state index in [-0.39, 0.29) is 0 Å². The Labute approximate surface area is 102 Å². The van der Waals surface area contributed by atoms with Gasteiger partial charge in [-0.15, -0.1) is 0 Å². The molecule has 88 valence electrons. The van der Waals surface area contributed by atoms with Gasteiger partial charge in [-0.25, -0.2) is 0 Å². The topological polar surface area (TPSA) is 24.1 Å². The summed E-state index contributed by atoms with van der Waals surface area (Å²) < 4.78 is 0. The van der Waals surface area contributed by atoms with Crippen LogP contribution in [-0.2, 0) is 0 Å². The van der Waals surface area contributed by atoms with Gasteiger partial charge in [-0.1, -0.05) is 30.7 Å². The molecule has 0 radical (unpaired) electrons. The third kappa shape index (κ3) is 2.76. The van der Waals surface area contributed by atoms with Crippen LogP contribution in [0.15, 0.2) is 24.3 Å². The van der Waals surface area contributed by atoms with Crippen molar-refractivity contribution >= 4 is 11.6 Å². The van der Waals surface area contributed by atoms with E-state index >= 15 is 0 Å². The van der Waals surface area contributed by atoms with Crippen molar-refractivity contribution in [2.75, 3.05) is 13.1 Å². The second-order valence-electron chi connectivity index (χ2n) is 4.29. The molecule has 1 aromatic carbocycles. The number of hydrogen-bond acceptors (Lipinski definition) is 2. The Morgan fingerprint density at radius 1 is 1.44 bits per heavy atom. The van der Waals surface area contributed by atoms with Crippen molar-refractivity contribution in [3.63, 3.8) is 0 Å². The predicted molar refractivity (Wildman–Crippen MR) is 68.9 cm³/mol. The molecule has 16 heavy (non-hydrogen) atoms. The first-order valence-corrected chi connectivity index (χ1v) is 6.41. The van der Waals surface area contributed by atoms with Crippen LogP contribution >= 0.6 is 11.6 Å². The first-order chi connectivity index (χ1) is 7.81. The van der Waals surface area contributed by atoms with E-state index in [2.05, 4.69) is 29.7 Å². The molecule has 0 bridgehead atoms. The van der Waals surface area contributed by atoms with Crippen LogP contribution in [0.3, 0.4) is 0 Å². The molecule has 2 nitrogen and oxygen atoms in total. The molecule has 0 saturated carbocycles. The number of likely N-dealkylation sites (N-methyl/N-ethyl adjacent to an activating group) is 1. The molecule has 0 aromatic heterocycles. The molecule has 1 heterocycles. The van der Waals surface area contributed by atoms with Crippen molar-refractivity contribution in [1.82, 2.24) is 10.6 Å². The van der Waals surface area contributed by atoms with Gasteiger partial charge in [-0.3, -0.25) is 0 Å². The molecule has 1 unspecified atom stereocenters. The highest BCUT2D eigenvalue weighted by Gasteiger charge is 2.24. The minimum atomic E-state index is 0.407. The van der Waals surface area contributed by atoms with Crippen molar-refractivity contribution in [3.05, 3.63) is 34.9 Å². The van der Waals surface area contributed by atoms with Crippen LogP contribution in [0.2, 0.25) is 5.02 Å². The second kappa shape index (κ2) is 5.67. The van der Waals surface area contributed by atoms with E-state index in [1.165, 1.54) is 18.4 Å². The van der Waals surface area contributed by atoms with Gasteiger partial charge in [-0.05, 0) is 43.6 Å². The van der Waals surface area contributed by atoms with Gasteiger partial charge in [0.05, 0.1) is 0 Å². The summed E-state index contributed by atoms with van der Waals surface area (Å²) in [5.41, 5.74) is 1.32. The third-order valence-electron chi connectivity index (χ3n) is 3.15. The van der Waals surface area contributed by atoms with Crippen LogP contribution in [0.5, 0.6) is 0 Å². The fraction of sp³-hybridized carbons (Fsp3) is 0.538. The Hall–Kier alpha value is -0.570. The van der Waals surface area contributed by atoms with Gasteiger partial charge in [0.25, 0.3) is 0 Å². The monoisotopic (exact) mass is 238 g/mol. The van der Waals surface area contributed by atoms with E-state index in [1.807, 2.05) is 12.1 Å². The molecule has 2 rings (SSSR count). The Kier molecular flexibility index (Phi) is 4.22. The van der Waals surface area contributed by atoms with Crippen LogP contribution < -0.4 is 10.6 Å². The van der Waals surface area contributed by atoms with Crippen LogP contribution in [0.4, 0.5) is 0 Å². The molecule has 0 amide bonds. The number of nitrogens with one attached hydrogen (secondary N) is 2. The number of benzene rings is 1. The summed E-state index contributed by atoms with van der Waals surface area (Å²) in [7, 11) is 0. The van der Waals surface area contributed by atoms with E-state index < -0.39 is 0 Å². The van der Waals surface area contributed by atoms with Gasteiger partial charge in [0.1, 0.15) is 0 Å². The maximum atomic E-state index is 5.92. The first kappa shape index (κ1) is 11.9. The summed E-state index contributed by atoms with van der Waals surface area (Å²) in [5, 5.41) is 7.92. The molecule has 2 N–H and O–H groups in total. The largest absolute Gasteiger partial charge is 0.312 e. The first-order valence-electron chi connectivity index (χ1n) is 6.03. The molecular weight excluding hydrogens is 220 g/mol. The number of halogens is 1. The Balaban J connectivity index is 2.14. The lowest BCUT2D eigenvalue weighted by molar-refractivity contribution is 0.421. The van der Waals surface area contributed by atoms with E-state index in [1.54, 1.807) is 0 Å². The molecule has 0 aliphatic carbocycles. The summed E-state index contributed by atoms with van der Waals surface area (Å²) in [6.07, 6.45) is 2.53. The third-order valence-corrected chi connectivity index (χ3v) is 3.41. The minimum Gasteiger partial charge on any atom is -0.312 e. The Bertz CT molecular complexity index is 317. The van der Waals surface area contributed by atoms with E-state index in [0.29, 0.717) is 12.1 Å². The highest BCUT2D eigenvalue weighted by atomic mass is 35.5. The zero-order valence-corrected chi connectivity index (χ0v) is 10.4. The van der Waals surface area contributed by atoms with Gasteiger partial charge < -0.3 is 10.6 Å². The Morgan fingerprint density at radius 2 is 2.19 bits per heavy atom. The highest BCUT2D eigenvalue weighted by molar-refractivity contribution is 6.30. The van der Waals surface area contributed by atoms with Crippen LogP contribution in [-0.4, -0.2) is 19.1 Å². The van der Waals surface area contributed by atoms with Crippen LogP contribution in [0, 0.1) is 0 Å². The van der Waals surface area contributed by atoms with Gasteiger partial charge in [-0.2, -0.15) is 0 Å². The summed E-state index contributed by atoms with van der Waals surface area (Å²) >= 11 is 5.92. The standard InChI is InChI=1S/C13H19ClN2/c1-2-15-13(12-4-3-9-16-12)10-5-7-11(14)8-6-10/h5-8,12-13,15-16H,2-4,9H2,1H3/t12?,13-/m1/s1. The fourth-order valence-electron chi connectivity index (χ4n) is 2.38. The van der Waals surface area contributed by atoms with Gasteiger partial charge >= 0.3 is 0 Å². The Morgan fingerprint density at radius 3 is 2.75 bits per heavy atom. The highest BCUT2D eigenvalue weighted by Crippen LogP contribution is 2.24. The van der Waals surface area contributed by atoms with Crippen molar-refractivity contribution in [1.29, 1.82) is 0 Å². The van der Waals surface area contributed by atoms with E-state index in [4.69, 9.17) is 11.6 Å². The summed E-state index contributed by atoms with van der Waals surface area (Å²) in [6, 6.07) is 9.14.